The average molecular weight is 358 g/mol. The number of rotatable bonds is 7. The van der Waals surface area contributed by atoms with Gasteiger partial charge in [-0.2, -0.15) is 0 Å². The van der Waals surface area contributed by atoms with Crippen molar-refractivity contribution in [2.75, 3.05) is 20.2 Å². The smallest absolute Gasteiger partial charge is 0.254 e. The van der Waals surface area contributed by atoms with E-state index in [1.54, 1.807) is 31.4 Å². The Morgan fingerprint density at radius 1 is 1.15 bits per heavy atom. The van der Waals surface area contributed by atoms with Gasteiger partial charge in [-0.15, -0.1) is 0 Å². The standard InChI is InChI=1S/C20H23FN2O3/c1-4-23(20(25)16-8-5-14(2)18(11-16)26-3)13-19(24)22-12-15-6-9-17(21)10-7-15/h5-11H,4,12-13H2,1-3H3,(H,22,24). The second kappa shape index (κ2) is 8.99. The number of carbonyl (C=O) groups excluding carboxylic acids is 2. The van der Waals surface area contributed by atoms with Crippen LogP contribution in [-0.4, -0.2) is 36.9 Å². The Morgan fingerprint density at radius 3 is 2.46 bits per heavy atom. The van der Waals surface area contributed by atoms with E-state index < -0.39 is 0 Å². The van der Waals surface area contributed by atoms with E-state index in [-0.39, 0.29) is 30.7 Å². The van der Waals surface area contributed by atoms with Crippen LogP contribution in [0.1, 0.15) is 28.4 Å². The van der Waals surface area contributed by atoms with Gasteiger partial charge in [0.15, 0.2) is 0 Å². The van der Waals surface area contributed by atoms with Crippen LogP contribution < -0.4 is 10.1 Å². The molecule has 2 rings (SSSR count). The number of aryl methyl sites for hydroxylation is 1. The summed E-state index contributed by atoms with van der Waals surface area (Å²) in [6, 6.07) is 11.1. The SMILES string of the molecule is CCN(CC(=O)NCc1ccc(F)cc1)C(=O)c1ccc(C)c(OC)c1. The second-order valence-electron chi connectivity index (χ2n) is 5.91. The van der Waals surface area contributed by atoms with Crippen molar-refractivity contribution in [3.05, 3.63) is 65.0 Å². The highest BCUT2D eigenvalue weighted by Crippen LogP contribution is 2.20. The molecule has 138 valence electrons. The molecule has 0 bridgehead atoms. The van der Waals surface area contributed by atoms with Crippen LogP contribution in [-0.2, 0) is 11.3 Å². The van der Waals surface area contributed by atoms with E-state index in [1.165, 1.54) is 17.0 Å². The summed E-state index contributed by atoms with van der Waals surface area (Å²) in [5.41, 5.74) is 2.20. The van der Waals surface area contributed by atoms with Crippen molar-refractivity contribution in [1.29, 1.82) is 0 Å². The van der Waals surface area contributed by atoms with Crippen molar-refractivity contribution >= 4 is 11.8 Å². The third-order valence-electron chi connectivity index (χ3n) is 4.06. The third-order valence-corrected chi connectivity index (χ3v) is 4.06. The zero-order valence-corrected chi connectivity index (χ0v) is 15.2. The summed E-state index contributed by atoms with van der Waals surface area (Å²) in [4.78, 5) is 26.3. The Hall–Kier alpha value is -2.89. The number of nitrogens with one attached hydrogen (secondary N) is 1. The lowest BCUT2D eigenvalue weighted by Gasteiger charge is -2.21. The Kier molecular flexibility index (Phi) is 6.72. The predicted octanol–water partition coefficient (Wildman–Crippen LogP) is 2.92. The van der Waals surface area contributed by atoms with Crippen molar-refractivity contribution in [1.82, 2.24) is 10.2 Å². The van der Waals surface area contributed by atoms with Crippen LogP contribution in [0.5, 0.6) is 5.75 Å². The van der Waals surface area contributed by atoms with Gasteiger partial charge >= 0.3 is 0 Å². The fraction of sp³-hybridized carbons (Fsp3) is 0.300. The minimum Gasteiger partial charge on any atom is -0.496 e. The van der Waals surface area contributed by atoms with Crippen molar-refractivity contribution in [3.8, 4) is 5.75 Å². The average Bonchev–Trinajstić information content (AvgIpc) is 2.65. The molecule has 0 saturated carbocycles. The van der Waals surface area contributed by atoms with Crippen LogP contribution in [0.25, 0.3) is 0 Å². The highest BCUT2D eigenvalue weighted by Gasteiger charge is 2.18. The highest BCUT2D eigenvalue weighted by atomic mass is 19.1. The van der Waals surface area contributed by atoms with Gasteiger partial charge in [0.05, 0.1) is 13.7 Å². The van der Waals surface area contributed by atoms with Gasteiger partial charge in [0, 0.05) is 18.7 Å². The molecule has 0 saturated heterocycles. The topological polar surface area (TPSA) is 58.6 Å². The molecule has 0 aliphatic carbocycles. The summed E-state index contributed by atoms with van der Waals surface area (Å²) in [5.74, 6) is -0.199. The van der Waals surface area contributed by atoms with Crippen LogP contribution in [0, 0.1) is 12.7 Å². The Balaban J connectivity index is 1.97. The summed E-state index contributed by atoms with van der Waals surface area (Å²) in [5, 5.41) is 2.74. The predicted molar refractivity (Wildman–Crippen MR) is 97.6 cm³/mol. The summed E-state index contributed by atoms with van der Waals surface area (Å²) in [6.07, 6.45) is 0. The number of amides is 2. The molecule has 0 fully saturated rings. The molecule has 26 heavy (non-hydrogen) atoms. The van der Waals surface area contributed by atoms with E-state index in [0.717, 1.165) is 11.1 Å². The van der Waals surface area contributed by atoms with E-state index in [1.807, 2.05) is 19.9 Å². The number of likely N-dealkylation sites (N-methyl/N-ethyl adjacent to an activating group) is 1. The zero-order valence-electron chi connectivity index (χ0n) is 15.2. The number of hydrogen-bond donors (Lipinski definition) is 1. The molecule has 2 aromatic carbocycles. The molecule has 0 heterocycles. The van der Waals surface area contributed by atoms with E-state index in [4.69, 9.17) is 4.74 Å². The summed E-state index contributed by atoms with van der Waals surface area (Å²) < 4.78 is 18.1. The van der Waals surface area contributed by atoms with Crippen LogP contribution in [0.3, 0.4) is 0 Å². The number of nitrogens with zero attached hydrogens (tertiary/aromatic N) is 1. The summed E-state index contributed by atoms with van der Waals surface area (Å²) in [6.45, 7) is 4.35. The van der Waals surface area contributed by atoms with Gasteiger partial charge in [-0.25, -0.2) is 4.39 Å². The lowest BCUT2D eigenvalue weighted by Crippen LogP contribution is -2.40. The van der Waals surface area contributed by atoms with Crippen LogP contribution >= 0.6 is 0 Å². The number of hydrogen-bond acceptors (Lipinski definition) is 3. The van der Waals surface area contributed by atoms with Gasteiger partial charge in [0.2, 0.25) is 5.91 Å². The Bertz CT molecular complexity index is 775. The third kappa shape index (κ3) is 5.05. The zero-order chi connectivity index (χ0) is 19.1. The van der Waals surface area contributed by atoms with Crippen molar-refractivity contribution in [3.63, 3.8) is 0 Å². The molecule has 5 nitrogen and oxygen atoms in total. The van der Waals surface area contributed by atoms with Gasteiger partial charge in [-0.1, -0.05) is 18.2 Å². The molecule has 0 aromatic heterocycles. The minimum absolute atomic E-state index is 0.0489. The molecule has 1 N–H and O–H groups in total. The molecule has 2 amide bonds. The quantitative estimate of drug-likeness (QED) is 0.828. The van der Waals surface area contributed by atoms with Crippen LogP contribution in [0.2, 0.25) is 0 Å². The minimum atomic E-state index is -0.323. The molecule has 0 spiro atoms. The van der Waals surface area contributed by atoms with Gasteiger partial charge in [-0.3, -0.25) is 9.59 Å². The Labute approximate surface area is 152 Å². The maximum absolute atomic E-state index is 12.9. The first-order valence-corrected chi connectivity index (χ1v) is 8.39. The highest BCUT2D eigenvalue weighted by molar-refractivity contribution is 5.97. The number of ether oxygens (including phenoxy) is 1. The van der Waals surface area contributed by atoms with E-state index in [2.05, 4.69) is 5.32 Å². The Morgan fingerprint density at radius 2 is 1.85 bits per heavy atom. The van der Waals surface area contributed by atoms with Gasteiger partial charge in [0.1, 0.15) is 11.6 Å². The lowest BCUT2D eigenvalue weighted by molar-refractivity contribution is -0.121. The first kappa shape index (κ1) is 19.4. The molecule has 0 atom stereocenters. The number of benzene rings is 2. The van der Waals surface area contributed by atoms with Crippen LogP contribution in [0.15, 0.2) is 42.5 Å². The van der Waals surface area contributed by atoms with E-state index >= 15 is 0 Å². The lowest BCUT2D eigenvalue weighted by atomic mass is 10.1. The molecule has 0 radical (unpaired) electrons. The molecular formula is C20H23FN2O3. The number of halogens is 1. The van der Waals surface area contributed by atoms with Gasteiger partial charge in [-0.05, 0) is 49.2 Å². The van der Waals surface area contributed by atoms with Crippen molar-refractivity contribution < 1.29 is 18.7 Å². The van der Waals surface area contributed by atoms with Crippen LogP contribution in [0.4, 0.5) is 4.39 Å². The fourth-order valence-corrected chi connectivity index (χ4v) is 2.49. The van der Waals surface area contributed by atoms with Crippen molar-refractivity contribution in [2.24, 2.45) is 0 Å². The summed E-state index contributed by atoms with van der Waals surface area (Å²) >= 11 is 0. The molecule has 0 aliphatic rings. The summed E-state index contributed by atoms with van der Waals surface area (Å²) in [7, 11) is 1.55. The monoisotopic (exact) mass is 358 g/mol. The molecule has 6 heteroatoms. The normalized spacial score (nSPS) is 10.3. The van der Waals surface area contributed by atoms with Crippen molar-refractivity contribution in [2.45, 2.75) is 20.4 Å². The first-order valence-electron chi connectivity index (χ1n) is 8.39. The molecular weight excluding hydrogens is 335 g/mol. The fourth-order valence-electron chi connectivity index (χ4n) is 2.49. The first-order chi connectivity index (χ1) is 12.4. The van der Waals surface area contributed by atoms with Gasteiger partial charge < -0.3 is 15.0 Å². The maximum atomic E-state index is 12.9. The molecule has 0 unspecified atom stereocenters. The van der Waals surface area contributed by atoms with E-state index in [0.29, 0.717) is 17.9 Å². The number of methoxy groups -OCH3 is 1. The molecule has 2 aromatic rings. The van der Waals surface area contributed by atoms with Gasteiger partial charge in [0.25, 0.3) is 5.91 Å². The largest absolute Gasteiger partial charge is 0.496 e. The number of carbonyl (C=O) groups is 2. The van der Waals surface area contributed by atoms with E-state index in [9.17, 15) is 14.0 Å². The molecule has 0 aliphatic heterocycles. The maximum Gasteiger partial charge on any atom is 0.254 e. The second-order valence-corrected chi connectivity index (χ2v) is 5.91.